The van der Waals surface area contributed by atoms with Crippen molar-refractivity contribution in [2.24, 2.45) is 0 Å². The molecule has 1 aromatic rings. The van der Waals surface area contributed by atoms with Crippen LogP contribution in [0.4, 0.5) is 5.69 Å². The van der Waals surface area contributed by atoms with Crippen LogP contribution in [0.5, 0.6) is 0 Å². The van der Waals surface area contributed by atoms with Gasteiger partial charge in [0.05, 0.1) is 24.0 Å². The average Bonchev–Trinajstić information content (AvgIpc) is 2.28. The van der Waals surface area contributed by atoms with Crippen LogP contribution >= 0.6 is 0 Å². The molecule has 92 valence electrons. The quantitative estimate of drug-likeness (QED) is 0.783. The SMILES string of the molecule is Cc1ccc(C#N)c(N(C)CCOC(C)C)c1. The van der Waals surface area contributed by atoms with Gasteiger partial charge in [0, 0.05) is 13.6 Å². The smallest absolute Gasteiger partial charge is 0.101 e. The van der Waals surface area contributed by atoms with Gasteiger partial charge in [-0.25, -0.2) is 0 Å². The van der Waals surface area contributed by atoms with E-state index in [4.69, 9.17) is 10.00 Å². The molecule has 3 heteroatoms. The Labute approximate surface area is 104 Å². The summed E-state index contributed by atoms with van der Waals surface area (Å²) >= 11 is 0. The van der Waals surface area contributed by atoms with E-state index in [1.807, 2.05) is 46.0 Å². The Hall–Kier alpha value is -1.53. The molecule has 0 unspecified atom stereocenters. The first kappa shape index (κ1) is 13.5. The summed E-state index contributed by atoms with van der Waals surface area (Å²) in [5.41, 5.74) is 2.85. The third-order valence-corrected chi connectivity index (χ3v) is 2.56. The van der Waals surface area contributed by atoms with E-state index in [0.717, 1.165) is 17.8 Å². The maximum Gasteiger partial charge on any atom is 0.101 e. The van der Waals surface area contributed by atoms with Crippen LogP contribution in [0.3, 0.4) is 0 Å². The molecule has 0 aromatic heterocycles. The highest BCUT2D eigenvalue weighted by molar-refractivity contribution is 5.60. The van der Waals surface area contributed by atoms with Gasteiger partial charge in [0.15, 0.2) is 0 Å². The molecule has 0 radical (unpaired) electrons. The molecule has 17 heavy (non-hydrogen) atoms. The first-order valence-corrected chi connectivity index (χ1v) is 5.88. The highest BCUT2D eigenvalue weighted by atomic mass is 16.5. The molecule has 0 spiro atoms. The summed E-state index contributed by atoms with van der Waals surface area (Å²) in [5, 5.41) is 9.06. The highest BCUT2D eigenvalue weighted by Gasteiger charge is 2.07. The number of rotatable bonds is 5. The molecular weight excluding hydrogens is 212 g/mol. The van der Waals surface area contributed by atoms with Crippen molar-refractivity contribution in [3.63, 3.8) is 0 Å². The molecule has 0 saturated heterocycles. The molecule has 0 aliphatic carbocycles. The van der Waals surface area contributed by atoms with Crippen LogP contribution in [0.25, 0.3) is 0 Å². The topological polar surface area (TPSA) is 36.3 Å². The lowest BCUT2D eigenvalue weighted by atomic mass is 10.1. The van der Waals surface area contributed by atoms with Crippen LogP contribution in [0.2, 0.25) is 0 Å². The Kier molecular flexibility index (Phi) is 4.99. The minimum Gasteiger partial charge on any atom is -0.377 e. The third kappa shape index (κ3) is 4.08. The fraction of sp³-hybridized carbons (Fsp3) is 0.500. The summed E-state index contributed by atoms with van der Waals surface area (Å²) in [4.78, 5) is 2.06. The van der Waals surface area contributed by atoms with Crippen molar-refractivity contribution in [1.82, 2.24) is 0 Å². The summed E-state index contributed by atoms with van der Waals surface area (Å²) in [6, 6.07) is 8.08. The van der Waals surface area contributed by atoms with Crippen molar-refractivity contribution < 1.29 is 4.74 Å². The molecular formula is C14H20N2O. The van der Waals surface area contributed by atoms with Gasteiger partial charge in [-0.2, -0.15) is 5.26 Å². The lowest BCUT2D eigenvalue weighted by Gasteiger charge is -2.21. The first-order valence-electron chi connectivity index (χ1n) is 5.88. The van der Waals surface area contributed by atoms with Crippen molar-refractivity contribution >= 4 is 5.69 Å². The largest absolute Gasteiger partial charge is 0.377 e. The molecule has 0 fully saturated rings. The maximum absolute atomic E-state index is 9.06. The summed E-state index contributed by atoms with van der Waals surface area (Å²) in [6.07, 6.45) is 0.247. The zero-order valence-electron chi connectivity index (χ0n) is 11.0. The van der Waals surface area contributed by atoms with E-state index in [2.05, 4.69) is 11.0 Å². The number of benzene rings is 1. The summed E-state index contributed by atoms with van der Waals surface area (Å²) in [6.45, 7) is 7.53. The van der Waals surface area contributed by atoms with Gasteiger partial charge in [-0.05, 0) is 38.5 Å². The molecule has 3 nitrogen and oxygen atoms in total. The zero-order valence-corrected chi connectivity index (χ0v) is 11.0. The minimum absolute atomic E-state index is 0.247. The number of hydrogen-bond donors (Lipinski definition) is 0. The molecule has 0 heterocycles. The first-order chi connectivity index (χ1) is 8.04. The summed E-state index contributed by atoms with van der Waals surface area (Å²) in [5.74, 6) is 0. The van der Waals surface area contributed by atoms with E-state index in [-0.39, 0.29) is 6.10 Å². The number of nitriles is 1. The summed E-state index contributed by atoms with van der Waals surface area (Å²) in [7, 11) is 1.99. The number of anilines is 1. The third-order valence-electron chi connectivity index (χ3n) is 2.56. The Morgan fingerprint density at radius 1 is 1.41 bits per heavy atom. The van der Waals surface area contributed by atoms with E-state index in [1.54, 1.807) is 0 Å². The van der Waals surface area contributed by atoms with Gasteiger partial charge in [-0.3, -0.25) is 0 Å². The van der Waals surface area contributed by atoms with Crippen LogP contribution in [0.15, 0.2) is 18.2 Å². The van der Waals surface area contributed by atoms with Gasteiger partial charge in [-0.15, -0.1) is 0 Å². The Morgan fingerprint density at radius 2 is 2.12 bits per heavy atom. The fourth-order valence-electron chi connectivity index (χ4n) is 1.60. The van der Waals surface area contributed by atoms with Crippen molar-refractivity contribution in [1.29, 1.82) is 5.26 Å². The second-order valence-electron chi connectivity index (χ2n) is 4.47. The van der Waals surface area contributed by atoms with Gasteiger partial charge >= 0.3 is 0 Å². The van der Waals surface area contributed by atoms with Gasteiger partial charge in [0.25, 0.3) is 0 Å². The molecule has 0 aliphatic rings. The van der Waals surface area contributed by atoms with Crippen molar-refractivity contribution in [2.45, 2.75) is 26.9 Å². The number of likely N-dealkylation sites (N-methyl/N-ethyl adjacent to an activating group) is 1. The van der Waals surface area contributed by atoms with Gasteiger partial charge in [-0.1, -0.05) is 6.07 Å². The second kappa shape index (κ2) is 6.27. The second-order valence-corrected chi connectivity index (χ2v) is 4.47. The van der Waals surface area contributed by atoms with Crippen LogP contribution in [-0.4, -0.2) is 26.3 Å². The monoisotopic (exact) mass is 232 g/mol. The predicted octanol–water partition coefficient (Wildman–Crippen LogP) is 2.73. The Balaban J connectivity index is 2.71. The standard InChI is InChI=1S/C14H20N2O/c1-11(2)17-8-7-16(4)14-9-12(3)5-6-13(14)10-15/h5-6,9,11H,7-8H2,1-4H3. The minimum atomic E-state index is 0.247. The van der Waals surface area contributed by atoms with E-state index in [1.165, 1.54) is 0 Å². The predicted molar refractivity (Wildman–Crippen MR) is 70.3 cm³/mol. The van der Waals surface area contributed by atoms with E-state index >= 15 is 0 Å². The molecule has 0 atom stereocenters. The number of aryl methyl sites for hydroxylation is 1. The van der Waals surface area contributed by atoms with Crippen LogP contribution < -0.4 is 4.90 Å². The van der Waals surface area contributed by atoms with Gasteiger partial charge in [0.1, 0.15) is 6.07 Å². The van der Waals surface area contributed by atoms with E-state index in [9.17, 15) is 0 Å². The van der Waals surface area contributed by atoms with Crippen LogP contribution in [0.1, 0.15) is 25.0 Å². The Bertz CT molecular complexity index is 407. The Morgan fingerprint density at radius 3 is 2.71 bits per heavy atom. The lowest BCUT2D eigenvalue weighted by Crippen LogP contribution is -2.24. The number of nitrogens with zero attached hydrogens (tertiary/aromatic N) is 2. The highest BCUT2D eigenvalue weighted by Crippen LogP contribution is 2.20. The van der Waals surface area contributed by atoms with Gasteiger partial charge < -0.3 is 9.64 Å². The van der Waals surface area contributed by atoms with Crippen molar-refractivity contribution in [2.75, 3.05) is 25.1 Å². The number of hydrogen-bond acceptors (Lipinski definition) is 3. The molecule has 1 rings (SSSR count). The molecule has 0 bridgehead atoms. The zero-order chi connectivity index (χ0) is 12.8. The molecule has 0 saturated carbocycles. The van der Waals surface area contributed by atoms with Gasteiger partial charge in [0.2, 0.25) is 0 Å². The number of ether oxygens (including phenoxy) is 1. The lowest BCUT2D eigenvalue weighted by molar-refractivity contribution is 0.0846. The fourth-order valence-corrected chi connectivity index (χ4v) is 1.60. The van der Waals surface area contributed by atoms with Crippen LogP contribution in [0, 0.1) is 18.3 Å². The molecule has 0 amide bonds. The molecule has 1 aromatic carbocycles. The van der Waals surface area contributed by atoms with Crippen molar-refractivity contribution in [3.8, 4) is 6.07 Å². The van der Waals surface area contributed by atoms with E-state index < -0.39 is 0 Å². The van der Waals surface area contributed by atoms with Crippen LogP contribution in [-0.2, 0) is 4.74 Å². The van der Waals surface area contributed by atoms with E-state index in [0.29, 0.717) is 12.2 Å². The molecule has 0 N–H and O–H groups in total. The normalized spacial score (nSPS) is 10.4. The maximum atomic E-state index is 9.06. The van der Waals surface area contributed by atoms with Crippen molar-refractivity contribution in [3.05, 3.63) is 29.3 Å². The molecule has 0 aliphatic heterocycles. The summed E-state index contributed by atoms with van der Waals surface area (Å²) < 4.78 is 5.51. The average molecular weight is 232 g/mol.